The Morgan fingerprint density at radius 3 is 2.07 bits per heavy atom. The van der Waals surface area contributed by atoms with Crippen molar-refractivity contribution in [1.29, 1.82) is 0 Å². The third-order valence-corrected chi connectivity index (χ3v) is 4.84. The van der Waals surface area contributed by atoms with E-state index in [1.54, 1.807) is 53.7 Å². The Morgan fingerprint density at radius 1 is 1.03 bits per heavy atom. The van der Waals surface area contributed by atoms with Crippen molar-refractivity contribution in [2.75, 3.05) is 0 Å². The summed E-state index contributed by atoms with van der Waals surface area (Å²) in [6, 6.07) is 5.98. The number of phenolic OH excluding ortho intramolecular Hbond substituents is 1. The second kappa shape index (κ2) is 8.02. The lowest BCUT2D eigenvalue weighted by Gasteiger charge is -2.44. The second-order valence-corrected chi connectivity index (χ2v) is 10.1. The molecule has 1 aliphatic rings. The molecule has 166 valence electrons. The van der Waals surface area contributed by atoms with E-state index in [9.17, 15) is 24.6 Å². The summed E-state index contributed by atoms with van der Waals surface area (Å²) in [6.07, 6.45) is -0.393. The van der Waals surface area contributed by atoms with Crippen molar-refractivity contribution >= 4 is 17.7 Å². The molecule has 0 radical (unpaired) electrons. The minimum absolute atomic E-state index is 0.0870. The first-order chi connectivity index (χ1) is 13.5. The molecule has 30 heavy (non-hydrogen) atoms. The molecule has 0 heterocycles. The van der Waals surface area contributed by atoms with Crippen molar-refractivity contribution in [3.8, 4) is 5.75 Å². The first kappa shape index (κ1) is 23.9. The van der Waals surface area contributed by atoms with Crippen LogP contribution in [-0.2, 0) is 23.9 Å². The van der Waals surface area contributed by atoms with Gasteiger partial charge < -0.3 is 19.7 Å². The van der Waals surface area contributed by atoms with Crippen molar-refractivity contribution in [3.63, 3.8) is 0 Å². The maximum Gasteiger partial charge on any atom is 0.317 e. The lowest BCUT2D eigenvalue weighted by molar-refractivity contribution is -0.182. The second-order valence-electron chi connectivity index (χ2n) is 10.1. The summed E-state index contributed by atoms with van der Waals surface area (Å²) < 4.78 is 11.0. The van der Waals surface area contributed by atoms with Crippen LogP contribution in [0.15, 0.2) is 24.3 Å². The highest BCUT2D eigenvalue weighted by molar-refractivity contribution is 6.03. The predicted octanol–water partition coefficient (Wildman–Crippen LogP) is 3.12. The van der Waals surface area contributed by atoms with Crippen LogP contribution in [0.25, 0.3) is 0 Å². The molecule has 0 bridgehead atoms. The Hall–Kier alpha value is -2.41. The molecule has 1 fully saturated rings. The molecule has 0 aromatic heterocycles. The number of hydrogen-bond donors (Lipinski definition) is 2. The van der Waals surface area contributed by atoms with E-state index in [0.717, 1.165) is 0 Å². The fraction of sp³-hybridized carbons (Fsp3) is 0.609. The Morgan fingerprint density at radius 2 is 1.57 bits per heavy atom. The number of benzene rings is 1. The molecule has 1 aliphatic carbocycles. The number of aromatic hydroxyl groups is 1. The van der Waals surface area contributed by atoms with Crippen LogP contribution in [0.5, 0.6) is 5.75 Å². The van der Waals surface area contributed by atoms with E-state index in [0.29, 0.717) is 5.56 Å². The lowest BCUT2D eigenvalue weighted by atomic mass is 9.61. The van der Waals surface area contributed by atoms with Gasteiger partial charge in [-0.25, -0.2) is 0 Å². The van der Waals surface area contributed by atoms with Crippen LogP contribution in [0.1, 0.15) is 66.4 Å². The average Bonchev–Trinajstić information content (AvgIpc) is 2.49. The standard InChI is InChI=1S/C23H32O7/c1-21(2,3)29-19(26)17-15(25)12-23(7,28)18(20(27)30-22(4,5)6)16(17)13-9-8-10-14(24)11-13/h8-11,16-18,24,28H,12H2,1-7H3/t16-,17+,18-,23+/m0/s1. The van der Waals surface area contributed by atoms with Gasteiger partial charge in [0.2, 0.25) is 0 Å². The van der Waals surface area contributed by atoms with Crippen molar-refractivity contribution in [3.05, 3.63) is 29.8 Å². The van der Waals surface area contributed by atoms with E-state index in [1.165, 1.54) is 19.1 Å². The van der Waals surface area contributed by atoms with Gasteiger partial charge in [0, 0.05) is 12.3 Å². The van der Waals surface area contributed by atoms with E-state index in [4.69, 9.17) is 9.47 Å². The monoisotopic (exact) mass is 420 g/mol. The highest BCUT2D eigenvalue weighted by Gasteiger charge is 2.57. The Bertz CT molecular complexity index is 827. The molecule has 1 saturated carbocycles. The Balaban J connectivity index is 2.64. The Labute approximate surface area is 177 Å². The quantitative estimate of drug-likeness (QED) is 0.571. The third-order valence-electron chi connectivity index (χ3n) is 4.84. The zero-order chi connectivity index (χ0) is 23.1. The van der Waals surface area contributed by atoms with Gasteiger partial charge in [0.1, 0.15) is 22.9 Å². The fourth-order valence-corrected chi connectivity index (χ4v) is 3.88. The third kappa shape index (κ3) is 5.59. The largest absolute Gasteiger partial charge is 0.508 e. The SMILES string of the molecule is CC(C)(C)OC(=O)[C@@H]1C(=O)C[C@@](C)(O)[C@H](C(=O)OC(C)(C)C)[C@H]1c1cccc(O)c1. The van der Waals surface area contributed by atoms with E-state index >= 15 is 0 Å². The van der Waals surface area contributed by atoms with Gasteiger partial charge in [-0.2, -0.15) is 0 Å². The number of esters is 2. The summed E-state index contributed by atoms with van der Waals surface area (Å²) in [5, 5.41) is 21.1. The molecule has 7 heteroatoms. The van der Waals surface area contributed by atoms with Gasteiger partial charge in [-0.1, -0.05) is 12.1 Å². The molecule has 0 unspecified atom stereocenters. The summed E-state index contributed by atoms with van der Waals surface area (Å²) in [6.45, 7) is 11.5. The fourth-order valence-electron chi connectivity index (χ4n) is 3.88. The van der Waals surface area contributed by atoms with Crippen molar-refractivity contribution in [2.24, 2.45) is 11.8 Å². The van der Waals surface area contributed by atoms with E-state index < -0.39 is 58.7 Å². The maximum atomic E-state index is 13.1. The number of carbonyl (C=O) groups is 3. The number of Topliss-reactive ketones (excluding diaryl/α,β-unsaturated/α-hetero) is 1. The van der Waals surface area contributed by atoms with E-state index in [1.807, 2.05) is 0 Å². The first-order valence-electron chi connectivity index (χ1n) is 10.0. The topological polar surface area (TPSA) is 110 Å². The molecule has 1 aromatic carbocycles. The molecule has 0 spiro atoms. The minimum atomic E-state index is -1.74. The number of hydrogen-bond acceptors (Lipinski definition) is 7. The molecule has 0 aliphatic heterocycles. The number of phenols is 1. The number of ether oxygens (including phenoxy) is 2. The molecule has 2 rings (SSSR count). The van der Waals surface area contributed by atoms with Gasteiger partial charge in [-0.05, 0) is 66.2 Å². The van der Waals surface area contributed by atoms with E-state index in [2.05, 4.69) is 0 Å². The number of carbonyl (C=O) groups excluding carboxylic acids is 3. The van der Waals surface area contributed by atoms with Crippen LogP contribution < -0.4 is 0 Å². The van der Waals surface area contributed by atoms with Crippen molar-refractivity contribution in [2.45, 2.75) is 77.6 Å². The first-order valence-corrected chi connectivity index (χ1v) is 10.0. The zero-order valence-corrected chi connectivity index (χ0v) is 18.7. The Kier molecular flexibility index (Phi) is 6.38. The van der Waals surface area contributed by atoms with Gasteiger partial charge in [0.05, 0.1) is 11.5 Å². The summed E-state index contributed by atoms with van der Waals surface area (Å²) in [4.78, 5) is 39.2. The molecule has 7 nitrogen and oxygen atoms in total. The molecule has 1 aromatic rings. The van der Waals surface area contributed by atoms with Crippen molar-refractivity contribution < 1.29 is 34.1 Å². The smallest absolute Gasteiger partial charge is 0.317 e. The van der Waals surface area contributed by atoms with Gasteiger partial charge >= 0.3 is 11.9 Å². The molecule has 4 atom stereocenters. The van der Waals surface area contributed by atoms with Crippen LogP contribution in [-0.4, -0.2) is 44.7 Å². The van der Waals surface area contributed by atoms with Crippen LogP contribution >= 0.6 is 0 Å². The number of aliphatic hydroxyl groups is 1. The van der Waals surface area contributed by atoms with E-state index in [-0.39, 0.29) is 5.75 Å². The lowest BCUT2D eigenvalue weighted by Crippen LogP contribution is -2.56. The van der Waals surface area contributed by atoms with Crippen LogP contribution in [0.2, 0.25) is 0 Å². The highest BCUT2D eigenvalue weighted by atomic mass is 16.6. The minimum Gasteiger partial charge on any atom is -0.508 e. The molecule has 0 saturated heterocycles. The van der Waals surface area contributed by atoms with Gasteiger partial charge in [-0.3, -0.25) is 14.4 Å². The number of ketones is 1. The van der Waals surface area contributed by atoms with Gasteiger partial charge in [0.25, 0.3) is 0 Å². The summed E-state index contributed by atoms with van der Waals surface area (Å²) in [7, 11) is 0. The van der Waals surface area contributed by atoms with Crippen LogP contribution in [0.4, 0.5) is 0 Å². The molecular weight excluding hydrogens is 388 g/mol. The predicted molar refractivity (Wildman–Crippen MR) is 110 cm³/mol. The van der Waals surface area contributed by atoms with Gasteiger partial charge in [-0.15, -0.1) is 0 Å². The molecule has 2 N–H and O–H groups in total. The average molecular weight is 421 g/mol. The molecular formula is C23H32O7. The van der Waals surface area contributed by atoms with Crippen LogP contribution in [0.3, 0.4) is 0 Å². The maximum absolute atomic E-state index is 13.1. The summed E-state index contributed by atoms with van der Waals surface area (Å²) in [5.41, 5.74) is -3.05. The van der Waals surface area contributed by atoms with Crippen LogP contribution in [0, 0.1) is 11.8 Å². The number of rotatable bonds is 3. The zero-order valence-electron chi connectivity index (χ0n) is 18.7. The molecule has 0 amide bonds. The highest BCUT2D eigenvalue weighted by Crippen LogP contribution is 2.47. The summed E-state index contributed by atoms with van der Waals surface area (Å²) in [5.74, 6) is -5.69. The van der Waals surface area contributed by atoms with Gasteiger partial charge in [0.15, 0.2) is 5.78 Å². The summed E-state index contributed by atoms with van der Waals surface area (Å²) >= 11 is 0. The van der Waals surface area contributed by atoms with Crippen molar-refractivity contribution in [1.82, 2.24) is 0 Å². The normalized spacial score (nSPS) is 27.5.